The Balaban J connectivity index is 1.94. The molecule has 2 amide bonds. The summed E-state index contributed by atoms with van der Waals surface area (Å²) in [6, 6.07) is 14.2. The van der Waals surface area contributed by atoms with Crippen LogP contribution in [0.25, 0.3) is 0 Å². The normalized spacial score (nSPS) is 10.4. The number of amides is 2. The molecule has 6 nitrogen and oxygen atoms in total. The van der Waals surface area contributed by atoms with Crippen molar-refractivity contribution in [2.45, 2.75) is 26.9 Å². The van der Waals surface area contributed by atoms with Crippen molar-refractivity contribution in [3.63, 3.8) is 0 Å². The molecule has 0 saturated heterocycles. The number of nitrogens with zero attached hydrogens (tertiary/aromatic N) is 1. The second kappa shape index (κ2) is 9.62. The molecule has 0 fully saturated rings. The molecule has 0 aromatic heterocycles. The third-order valence-corrected chi connectivity index (χ3v) is 3.87. The fourth-order valence-electron chi connectivity index (χ4n) is 2.57. The van der Waals surface area contributed by atoms with E-state index in [2.05, 4.69) is 5.32 Å². The smallest absolute Gasteiger partial charge is 0.251 e. The number of hydrogen-bond donors (Lipinski definition) is 1. The summed E-state index contributed by atoms with van der Waals surface area (Å²) in [6.07, 6.45) is 0.0907. The van der Waals surface area contributed by atoms with Gasteiger partial charge in [0.15, 0.2) is 0 Å². The molecule has 0 aliphatic rings. The van der Waals surface area contributed by atoms with Crippen molar-refractivity contribution in [3.05, 3.63) is 54.1 Å². The van der Waals surface area contributed by atoms with Crippen molar-refractivity contribution >= 4 is 17.5 Å². The van der Waals surface area contributed by atoms with Gasteiger partial charge in [-0.1, -0.05) is 0 Å². The Morgan fingerprint density at radius 1 is 1.00 bits per heavy atom. The Kier molecular flexibility index (Phi) is 7.23. The first kappa shape index (κ1) is 20.3. The lowest BCUT2D eigenvalue weighted by Crippen LogP contribution is -2.37. The molecule has 144 valence electrons. The summed E-state index contributed by atoms with van der Waals surface area (Å²) in [6.45, 7) is 6.14. The summed E-state index contributed by atoms with van der Waals surface area (Å²) in [5, 5.41) is 2.83. The standard InChI is InChI=1S/C21H26N2O4/c1-15(2)27-20-11-7-18(8-12-20)23(16(3)24)14-13-22-21(25)17-5-9-19(26-4)10-6-17/h5-12,15H,13-14H2,1-4H3,(H,22,25). The summed E-state index contributed by atoms with van der Waals surface area (Å²) in [5.41, 5.74) is 1.30. The highest BCUT2D eigenvalue weighted by Crippen LogP contribution is 2.20. The Labute approximate surface area is 160 Å². The third-order valence-electron chi connectivity index (χ3n) is 3.87. The van der Waals surface area contributed by atoms with E-state index in [1.807, 2.05) is 38.1 Å². The molecule has 1 N–H and O–H groups in total. The maximum Gasteiger partial charge on any atom is 0.251 e. The van der Waals surface area contributed by atoms with Crippen LogP contribution in [0.2, 0.25) is 0 Å². The van der Waals surface area contributed by atoms with Gasteiger partial charge in [0.1, 0.15) is 11.5 Å². The first-order valence-corrected chi connectivity index (χ1v) is 8.87. The molecule has 0 bridgehead atoms. The first-order chi connectivity index (χ1) is 12.9. The lowest BCUT2D eigenvalue weighted by Gasteiger charge is -2.22. The number of ether oxygens (including phenoxy) is 2. The third kappa shape index (κ3) is 6.02. The Hall–Kier alpha value is -3.02. The molecule has 0 aliphatic heterocycles. The van der Waals surface area contributed by atoms with Gasteiger partial charge in [-0.05, 0) is 62.4 Å². The van der Waals surface area contributed by atoms with Gasteiger partial charge in [0.05, 0.1) is 13.2 Å². The molecule has 2 rings (SSSR count). The molecule has 0 atom stereocenters. The maximum absolute atomic E-state index is 12.2. The van der Waals surface area contributed by atoms with E-state index in [9.17, 15) is 9.59 Å². The van der Waals surface area contributed by atoms with Crippen LogP contribution in [0.15, 0.2) is 48.5 Å². The second-order valence-corrected chi connectivity index (χ2v) is 6.32. The van der Waals surface area contributed by atoms with Gasteiger partial charge in [-0.25, -0.2) is 0 Å². The molecule has 0 aliphatic carbocycles. The fourth-order valence-corrected chi connectivity index (χ4v) is 2.57. The van der Waals surface area contributed by atoms with Crippen LogP contribution in [0.1, 0.15) is 31.1 Å². The lowest BCUT2D eigenvalue weighted by molar-refractivity contribution is -0.116. The number of benzene rings is 2. The van der Waals surface area contributed by atoms with Gasteiger partial charge in [0, 0.05) is 31.3 Å². The SMILES string of the molecule is COc1ccc(C(=O)NCCN(C(C)=O)c2ccc(OC(C)C)cc2)cc1. The molecule has 6 heteroatoms. The number of hydrogen-bond acceptors (Lipinski definition) is 4. The van der Waals surface area contributed by atoms with E-state index in [4.69, 9.17) is 9.47 Å². The molecule has 0 radical (unpaired) electrons. The Morgan fingerprint density at radius 2 is 1.59 bits per heavy atom. The van der Waals surface area contributed by atoms with Crippen LogP contribution in [0.4, 0.5) is 5.69 Å². The van der Waals surface area contributed by atoms with Gasteiger partial charge in [0.2, 0.25) is 5.91 Å². The van der Waals surface area contributed by atoms with E-state index >= 15 is 0 Å². The van der Waals surface area contributed by atoms with E-state index in [1.165, 1.54) is 6.92 Å². The van der Waals surface area contributed by atoms with Crippen LogP contribution >= 0.6 is 0 Å². The first-order valence-electron chi connectivity index (χ1n) is 8.87. The van der Waals surface area contributed by atoms with Gasteiger partial charge >= 0.3 is 0 Å². The van der Waals surface area contributed by atoms with Crippen molar-refractivity contribution in [2.75, 3.05) is 25.1 Å². The number of carbonyl (C=O) groups is 2. The van der Waals surface area contributed by atoms with Gasteiger partial charge in [-0.2, -0.15) is 0 Å². The minimum Gasteiger partial charge on any atom is -0.497 e. The van der Waals surface area contributed by atoms with Crippen LogP contribution in [0.5, 0.6) is 11.5 Å². The van der Waals surface area contributed by atoms with Crippen LogP contribution in [-0.4, -0.2) is 38.1 Å². The zero-order valence-electron chi connectivity index (χ0n) is 16.2. The Morgan fingerprint density at radius 3 is 2.11 bits per heavy atom. The number of nitrogens with one attached hydrogen (secondary N) is 1. The minimum absolute atomic E-state index is 0.0907. The Bertz CT molecular complexity index is 755. The van der Waals surface area contributed by atoms with Crippen LogP contribution < -0.4 is 19.7 Å². The van der Waals surface area contributed by atoms with Crippen molar-refractivity contribution in [1.29, 1.82) is 0 Å². The van der Waals surface area contributed by atoms with Gasteiger partial charge in [0.25, 0.3) is 5.91 Å². The molecule has 0 saturated carbocycles. The summed E-state index contributed by atoms with van der Waals surface area (Å²) in [4.78, 5) is 25.8. The number of rotatable bonds is 8. The molecule has 0 unspecified atom stereocenters. The lowest BCUT2D eigenvalue weighted by atomic mass is 10.2. The highest BCUT2D eigenvalue weighted by Gasteiger charge is 2.13. The zero-order valence-corrected chi connectivity index (χ0v) is 16.2. The van der Waals surface area contributed by atoms with Crippen molar-refractivity contribution in [1.82, 2.24) is 5.32 Å². The molecular weight excluding hydrogens is 344 g/mol. The predicted molar refractivity (Wildman–Crippen MR) is 106 cm³/mol. The molecule has 27 heavy (non-hydrogen) atoms. The van der Waals surface area contributed by atoms with Crippen LogP contribution in [0, 0.1) is 0 Å². The monoisotopic (exact) mass is 370 g/mol. The summed E-state index contributed by atoms with van der Waals surface area (Å²) >= 11 is 0. The number of carbonyl (C=O) groups excluding carboxylic acids is 2. The summed E-state index contributed by atoms with van der Waals surface area (Å²) in [5.74, 6) is 1.16. The zero-order chi connectivity index (χ0) is 19.8. The molecule has 2 aromatic rings. The molecule has 2 aromatic carbocycles. The summed E-state index contributed by atoms with van der Waals surface area (Å²) < 4.78 is 10.7. The van der Waals surface area contributed by atoms with Crippen LogP contribution in [0.3, 0.4) is 0 Å². The van der Waals surface area contributed by atoms with Gasteiger partial charge in [-0.15, -0.1) is 0 Å². The topological polar surface area (TPSA) is 67.9 Å². The maximum atomic E-state index is 12.2. The second-order valence-electron chi connectivity index (χ2n) is 6.32. The number of methoxy groups -OCH3 is 1. The average molecular weight is 370 g/mol. The van der Waals surface area contributed by atoms with Gasteiger partial charge in [-0.3, -0.25) is 9.59 Å². The quantitative estimate of drug-likeness (QED) is 0.774. The van der Waals surface area contributed by atoms with E-state index in [0.29, 0.717) is 24.4 Å². The highest BCUT2D eigenvalue weighted by atomic mass is 16.5. The van der Waals surface area contributed by atoms with Crippen molar-refractivity contribution in [2.24, 2.45) is 0 Å². The van der Waals surface area contributed by atoms with Gasteiger partial charge < -0.3 is 19.7 Å². The van der Waals surface area contributed by atoms with Crippen molar-refractivity contribution < 1.29 is 19.1 Å². The molecular formula is C21H26N2O4. The van der Waals surface area contributed by atoms with Crippen LogP contribution in [-0.2, 0) is 4.79 Å². The van der Waals surface area contributed by atoms with E-state index in [-0.39, 0.29) is 17.9 Å². The van der Waals surface area contributed by atoms with E-state index in [0.717, 1.165) is 11.4 Å². The summed E-state index contributed by atoms with van der Waals surface area (Å²) in [7, 11) is 1.58. The molecule has 0 heterocycles. The van der Waals surface area contributed by atoms with E-state index in [1.54, 1.807) is 36.3 Å². The molecule has 0 spiro atoms. The predicted octanol–water partition coefficient (Wildman–Crippen LogP) is 3.27. The van der Waals surface area contributed by atoms with E-state index < -0.39 is 0 Å². The average Bonchev–Trinajstić information content (AvgIpc) is 2.65. The highest BCUT2D eigenvalue weighted by molar-refractivity contribution is 5.94. The fraction of sp³-hybridized carbons (Fsp3) is 0.333. The minimum atomic E-state index is -0.193. The largest absolute Gasteiger partial charge is 0.497 e. The van der Waals surface area contributed by atoms with Crippen molar-refractivity contribution in [3.8, 4) is 11.5 Å². The number of anilines is 1.